The van der Waals surface area contributed by atoms with Gasteiger partial charge in [-0.25, -0.2) is 0 Å². The summed E-state index contributed by atoms with van der Waals surface area (Å²) in [5, 5.41) is 9.67. The van der Waals surface area contributed by atoms with Crippen LogP contribution in [0.1, 0.15) is 30.4 Å². The zero-order valence-corrected chi connectivity index (χ0v) is 8.59. The number of benzene rings is 1. The summed E-state index contributed by atoms with van der Waals surface area (Å²) in [5.41, 5.74) is 8.19. The van der Waals surface area contributed by atoms with E-state index in [4.69, 9.17) is 5.73 Å². The minimum Gasteiger partial charge on any atom is -0.508 e. The normalized spacial score (nSPS) is 18.1. The van der Waals surface area contributed by atoms with E-state index in [9.17, 15) is 5.11 Å². The molecule has 0 saturated heterocycles. The Morgan fingerprint density at radius 3 is 2.71 bits per heavy atom. The number of nitrogens with two attached hydrogens (primary N) is 1. The van der Waals surface area contributed by atoms with E-state index >= 15 is 0 Å². The SMILES string of the molecule is Cc1ccc(CCC2(N)CC2)c(O)c1. The largest absolute Gasteiger partial charge is 0.508 e. The summed E-state index contributed by atoms with van der Waals surface area (Å²) in [6, 6.07) is 5.84. The molecule has 0 aliphatic heterocycles. The summed E-state index contributed by atoms with van der Waals surface area (Å²) >= 11 is 0. The molecule has 3 N–H and O–H groups in total. The lowest BCUT2D eigenvalue weighted by Crippen LogP contribution is -2.22. The zero-order chi connectivity index (χ0) is 10.2. The van der Waals surface area contributed by atoms with Gasteiger partial charge in [0.25, 0.3) is 0 Å². The van der Waals surface area contributed by atoms with Crippen molar-refractivity contribution < 1.29 is 5.11 Å². The molecule has 14 heavy (non-hydrogen) atoms. The van der Waals surface area contributed by atoms with Crippen LogP contribution in [-0.2, 0) is 6.42 Å². The predicted molar refractivity (Wildman–Crippen MR) is 57.3 cm³/mol. The highest BCUT2D eigenvalue weighted by Crippen LogP contribution is 2.37. The molecule has 1 saturated carbocycles. The number of phenols is 1. The number of rotatable bonds is 3. The van der Waals surface area contributed by atoms with Crippen LogP contribution < -0.4 is 5.73 Å². The fourth-order valence-corrected chi connectivity index (χ4v) is 1.68. The van der Waals surface area contributed by atoms with Crippen molar-refractivity contribution >= 4 is 0 Å². The second-order valence-electron chi connectivity index (χ2n) is 4.49. The van der Waals surface area contributed by atoms with Gasteiger partial charge in [-0.15, -0.1) is 0 Å². The maximum Gasteiger partial charge on any atom is 0.119 e. The van der Waals surface area contributed by atoms with Crippen LogP contribution in [0.3, 0.4) is 0 Å². The van der Waals surface area contributed by atoms with Gasteiger partial charge in [0.05, 0.1) is 0 Å². The van der Waals surface area contributed by atoms with Crippen LogP contribution in [0.5, 0.6) is 5.75 Å². The van der Waals surface area contributed by atoms with Crippen molar-refractivity contribution in [3.05, 3.63) is 29.3 Å². The molecule has 0 amide bonds. The Labute approximate surface area is 84.7 Å². The first-order chi connectivity index (χ1) is 6.59. The molecule has 1 fully saturated rings. The summed E-state index contributed by atoms with van der Waals surface area (Å²) < 4.78 is 0. The molecule has 2 rings (SSSR count). The van der Waals surface area contributed by atoms with Crippen LogP contribution in [0.2, 0.25) is 0 Å². The topological polar surface area (TPSA) is 46.2 Å². The molecule has 76 valence electrons. The first-order valence-corrected chi connectivity index (χ1v) is 5.16. The van der Waals surface area contributed by atoms with Crippen LogP contribution in [-0.4, -0.2) is 10.6 Å². The number of phenolic OH excluding ortho intramolecular Hbond substituents is 1. The molecule has 0 bridgehead atoms. The Morgan fingerprint density at radius 1 is 1.43 bits per heavy atom. The molecule has 0 heterocycles. The van der Waals surface area contributed by atoms with Crippen molar-refractivity contribution in [1.29, 1.82) is 0 Å². The highest BCUT2D eigenvalue weighted by molar-refractivity contribution is 5.36. The van der Waals surface area contributed by atoms with Crippen molar-refractivity contribution in [1.82, 2.24) is 0 Å². The van der Waals surface area contributed by atoms with E-state index < -0.39 is 0 Å². The standard InChI is InChI=1S/C12H17NO/c1-9-2-3-10(11(14)8-9)4-5-12(13)6-7-12/h2-3,8,14H,4-7,13H2,1H3. The molecular formula is C12H17NO. The first kappa shape index (κ1) is 9.53. The molecule has 2 heteroatoms. The zero-order valence-electron chi connectivity index (χ0n) is 8.59. The van der Waals surface area contributed by atoms with Crippen LogP contribution in [0.25, 0.3) is 0 Å². The van der Waals surface area contributed by atoms with E-state index in [1.807, 2.05) is 25.1 Å². The fourth-order valence-electron chi connectivity index (χ4n) is 1.68. The number of aromatic hydroxyl groups is 1. The van der Waals surface area contributed by atoms with Gasteiger partial charge in [-0.3, -0.25) is 0 Å². The minimum absolute atomic E-state index is 0.0807. The van der Waals surface area contributed by atoms with Gasteiger partial charge < -0.3 is 10.8 Å². The fraction of sp³-hybridized carbons (Fsp3) is 0.500. The minimum atomic E-state index is 0.0807. The molecule has 0 radical (unpaired) electrons. The van der Waals surface area contributed by atoms with E-state index in [1.165, 1.54) is 0 Å². The Hall–Kier alpha value is -1.02. The summed E-state index contributed by atoms with van der Waals surface area (Å²) in [6.45, 7) is 1.98. The average molecular weight is 191 g/mol. The lowest BCUT2D eigenvalue weighted by Gasteiger charge is -2.09. The van der Waals surface area contributed by atoms with E-state index in [2.05, 4.69) is 0 Å². The average Bonchev–Trinajstić information content (AvgIpc) is 2.83. The monoisotopic (exact) mass is 191 g/mol. The summed E-state index contributed by atoms with van der Waals surface area (Å²) in [6.07, 6.45) is 4.16. The van der Waals surface area contributed by atoms with Crippen LogP contribution >= 0.6 is 0 Å². The molecule has 1 aliphatic rings. The van der Waals surface area contributed by atoms with Crippen LogP contribution in [0, 0.1) is 6.92 Å². The third kappa shape index (κ3) is 2.07. The molecule has 1 aromatic carbocycles. The summed E-state index contributed by atoms with van der Waals surface area (Å²) in [5.74, 6) is 0.411. The first-order valence-electron chi connectivity index (χ1n) is 5.16. The van der Waals surface area contributed by atoms with Gasteiger partial charge >= 0.3 is 0 Å². The predicted octanol–water partition coefficient (Wildman–Crippen LogP) is 2.12. The maximum atomic E-state index is 9.67. The van der Waals surface area contributed by atoms with E-state index in [0.717, 1.165) is 36.8 Å². The van der Waals surface area contributed by atoms with Gasteiger partial charge in [0, 0.05) is 5.54 Å². The van der Waals surface area contributed by atoms with Gasteiger partial charge in [0.2, 0.25) is 0 Å². The Morgan fingerprint density at radius 2 is 2.14 bits per heavy atom. The summed E-state index contributed by atoms with van der Waals surface area (Å²) in [7, 11) is 0. The Kier molecular flexibility index (Phi) is 2.23. The quantitative estimate of drug-likeness (QED) is 0.768. The Bertz CT molecular complexity index is 342. The van der Waals surface area contributed by atoms with Gasteiger partial charge in [0.15, 0.2) is 0 Å². The maximum absolute atomic E-state index is 9.67. The van der Waals surface area contributed by atoms with Gasteiger partial charge in [0.1, 0.15) is 5.75 Å². The van der Waals surface area contributed by atoms with E-state index in [-0.39, 0.29) is 5.54 Å². The summed E-state index contributed by atoms with van der Waals surface area (Å²) in [4.78, 5) is 0. The van der Waals surface area contributed by atoms with Crippen molar-refractivity contribution in [3.63, 3.8) is 0 Å². The lowest BCUT2D eigenvalue weighted by atomic mass is 10.0. The third-order valence-electron chi connectivity index (χ3n) is 3.03. The van der Waals surface area contributed by atoms with Crippen molar-refractivity contribution in [2.45, 2.75) is 38.1 Å². The number of hydrogen-bond donors (Lipinski definition) is 2. The highest BCUT2D eigenvalue weighted by atomic mass is 16.3. The molecule has 0 aromatic heterocycles. The molecule has 1 aromatic rings. The van der Waals surface area contributed by atoms with Crippen molar-refractivity contribution in [2.24, 2.45) is 5.73 Å². The molecule has 0 unspecified atom stereocenters. The lowest BCUT2D eigenvalue weighted by molar-refractivity contribution is 0.464. The second-order valence-corrected chi connectivity index (χ2v) is 4.49. The Balaban J connectivity index is 2.02. The van der Waals surface area contributed by atoms with Crippen molar-refractivity contribution in [2.75, 3.05) is 0 Å². The molecule has 1 aliphatic carbocycles. The number of hydrogen-bond acceptors (Lipinski definition) is 2. The molecule has 0 atom stereocenters. The highest BCUT2D eigenvalue weighted by Gasteiger charge is 2.37. The molecule has 2 nitrogen and oxygen atoms in total. The van der Waals surface area contributed by atoms with Gasteiger partial charge in [-0.1, -0.05) is 12.1 Å². The molecular weight excluding hydrogens is 174 g/mol. The molecule has 0 spiro atoms. The van der Waals surface area contributed by atoms with E-state index in [0.29, 0.717) is 5.75 Å². The number of aryl methyl sites for hydroxylation is 2. The van der Waals surface area contributed by atoms with Crippen molar-refractivity contribution in [3.8, 4) is 5.75 Å². The second kappa shape index (κ2) is 3.28. The third-order valence-corrected chi connectivity index (χ3v) is 3.03. The van der Waals surface area contributed by atoms with Crippen LogP contribution in [0.4, 0.5) is 0 Å². The van der Waals surface area contributed by atoms with E-state index in [1.54, 1.807) is 0 Å². The van der Waals surface area contributed by atoms with Gasteiger partial charge in [-0.2, -0.15) is 0 Å². The van der Waals surface area contributed by atoms with Gasteiger partial charge in [-0.05, 0) is 49.8 Å². The smallest absolute Gasteiger partial charge is 0.119 e. The van der Waals surface area contributed by atoms with Crippen LogP contribution in [0.15, 0.2) is 18.2 Å².